The van der Waals surface area contributed by atoms with Crippen molar-refractivity contribution < 1.29 is 23.5 Å². The van der Waals surface area contributed by atoms with Crippen LogP contribution in [0, 0.1) is 11.3 Å². The highest BCUT2D eigenvalue weighted by Gasteiger charge is 2.48. The van der Waals surface area contributed by atoms with Crippen molar-refractivity contribution in [2.24, 2.45) is 11.3 Å². The monoisotopic (exact) mass is 497 g/mol. The number of rotatable bonds is 4. The lowest BCUT2D eigenvalue weighted by atomic mass is 9.66. The number of benzene rings is 1. The highest BCUT2D eigenvalue weighted by atomic mass is 35.5. The Balaban J connectivity index is 1.62. The average molecular weight is 498 g/mol. The van der Waals surface area contributed by atoms with E-state index in [9.17, 15) is 14.4 Å². The van der Waals surface area contributed by atoms with E-state index < -0.39 is 17.8 Å². The molecule has 35 heavy (non-hydrogen) atoms. The van der Waals surface area contributed by atoms with Gasteiger partial charge in [-0.2, -0.15) is 0 Å². The molecule has 0 radical (unpaired) electrons. The third kappa shape index (κ3) is 4.43. The summed E-state index contributed by atoms with van der Waals surface area (Å²) in [6.45, 7) is 8.89. The van der Waals surface area contributed by atoms with E-state index in [4.69, 9.17) is 25.5 Å². The Morgan fingerprint density at radius 2 is 2.09 bits per heavy atom. The summed E-state index contributed by atoms with van der Waals surface area (Å²) in [5.41, 5.74) is 1.49. The summed E-state index contributed by atoms with van der Waals surface area (Å²) in [6.07, 6.45) is 3.83. The number of halogens is 1. The van der Waals surface area contributed by atoms with Gasteiger partial charge in [-0.3, -0.25) is 14.4 Å². The largest absolute Gasteiger partial charge is 0.464 e. The van der Waals surface area contributed by atoms with Crippen molar-refractivity contribution in [3.8, 4) is 0 Å². The predicted octanol–water partition coefficient (Wildman–Crippen LogP) is 4.63. The number of hydrogen-bond donors (Lipinski definition) is 1. The predicted molar refractivity (Wildman–Crippen MR) is 131 cm³/mol. The van der Waals surface area contributed by atoms with Crippen LogP contribution >= 0.6 is 11.6 Å². The van der Waals surface area contributed by atoms with Crippen LogP contribution in [-0.2, 0) is 19.1 Å². The van der Waals surface area contributed by atoms with Crippen LogP contribution in [0.1, 0.15) is 51.0 Å². The van der Waals surface area contributed by atoms with E-state index in [2.05, 4.69) is 11.9 Å². The molecule has 1 fully saturated rings. The number of ketones is 1. The normalized spacial score (nSPS) is 26.0. The van der Waals surface area contributed by atoms with Gasteiger partial charge >= 0.3 is 5.97 Å². The molecule has 5 rings (SSSR count). The van der Waals surface area contributed by atoms with Gasteiger partial charge in [0.05, 0.1) is 17.8 Å². The summed E-state index contributed by atoms with van der Waals surface area (Å²) in [6, 6.07) is 4.79. The van der Waals surface area contributed by atoms with Gasteiger partial charge in [0.15, 0.2) is 11.2 Å². The number of ether oxygens (including phenoxy) is 2. The second-order valence-electron chi connectivity index (χ2n) is 10.4. The fourth-order valence-electron chi connectivity index (χ4n) is 5.43. The first-order chi connectivity index (χ1) is 16.6. The molecule has 3 unspecified atom stereocenters. The zero-order valence-electron chi connectivity index (χ0n) is 19.8. The molecule has 3 aliphatic rings. The van der Waals surface area contributed by atoms with E-state index in [1.54, 1.807) is 12.1 Å². The van der Waals surface area contributed by atoms with E-state index in [-0.39, 0.29) is 40.3 Å². The summed E-state index contributed by atoms with van der Waals surface area (Å²) < 4.78 is 17.0. The lowest BCUT2D eigenvalue weighted by Gasteiger charge is -2.41. The lowest BCUT2D eigenvalue weighted by Crippen LogP contribution is -2.45. The first-order valence-electron chi connectivity index (χ1n) is 11.9. The van der Waals surface area contributed by atoms with Crippen LogP contribution in [0.2, 0.25) is 5.02 Å². The molecular weight excluding hydrogens is 470 g/mol. The Bertz CT molecular complexity index is 1320. The van der Waals surface area contributed by atoms with E-state index in [0.717, 1.165) is 12.8 Å². The number of fused-ring (bicyclic) bond motifs is 1. The van der Waals surface area contributed by atoms with Gasteiger partial charge in [-0.05, 0) is 42.9 Å². The molecule has 1 aliphatic carbocycles. The molecule has 0 bridgehead atoms. The highest BCUT2D eigenvalue weighted by molar-refractivity contribution is 6.31. The molecule has 184 valence electrons. The van der Waals surface area contributed by atoms with E-state index in [1.807, 2.05) is 13.8 Å². The quantitative estimate of drug-likeness (QED) is 0.615. The van der Waals surface area contributed by atoms with Crippen LogP contribution in [0.4, 0.5) is 0 Å². The fraction of sp³-hybridized carbons (Fsp3) is 0.444. The van der Waals surface area contributed by atoms with Crippen molar-refractivity contribution in [3.05, 3.63) is 68.8 Å². The molecule has 1 N–H and O–H groups in total. The van der Waals surface area contributed by atoms with Gasteiger partial charge < -0.3 is 19.2 Å². The van der Waals surface area contributed by atoms with Gasteiger partial charge in [0.2, 0.25) is 0 Å². The first-order valence-corrected chi connectivity index (χ1v) is 12.2. The molecule has 3 atom stereocenters. The van der Waals surface area contributed by atoms with Crippen LogP contribution in [0.15, 0.2) is 57.2 Å². The van der Waals surface area contributed by atoms with E-state index in [1.165, 1.54) is 12.3 Å². The third-order valence-corrected chi connectivity index (χ3v) is 7.27. The molecule has 1 aromatic carbocycles. The topological polar surface area (TPSA) is 94.8 Å². The minimum atomic E-state index is -0.972. The van der Waals surface area contributed by atoms with Crippen LogP contribution in [0.25, 0.3) is 11.0 Å². The van der Waals surface area contributed by atoms with Crippen LogP contribution < -0.4 is 10.7 Å². The number of carbonyl (C=O) groups is 2. The first kappa shape index (κ1) is 23.8. The lowest BCUT2D eigenvalue weighted by molar-refractivity contribution is -0.151. The second kappa shape index (κ2) is 8.95. The maximum atomic E-state index is 13.7. The zero-order valence-corrected chi connectivity index (χ0v) is 20.6. The molecule has 0 saturated carbocycles. The molecule has 0 spiro atoms. The molecule has 0 amide bonds. The van der Waals surface area contributed by atoms with Gasteiger partial charge in [-0.1, -0.05) is 32.0 Å². The molecule has 2 aromatic rings. The Kier molecular flexibility index (Phi) is 6.09. The van der Waals surface area contributed by atoms with Crippen molar-refractivity contribution in [1.29, 1.82) is 0 Å². The number of nitrogens with one attached hydrogen (secondary N) is 1. The van der Waals surface area contributed by atoms with Gasteiger partial charge in [-0.15, -0.1) is 0 Å². The van der Waals surface area contributed by atoms with E-state index in [0.29, 0.717) is 47.0 Å². The third-order valence-electron chi connectivity index (χ3n) is 7.04. The average Bonchev–Trinajstić information content (AvgIpc) is 3.30. The minimum absolute atomic E-state index is 0.108. The van der Waals surface area contributed by atoms with Crippen molar-refractivity contribution in [3.63, 3.8) is 0 Å². The van der Waals surface area contributed by atoms with Crippen molar-refractivity contribution in [1.82, 2.24) is 5.32 Å². The van der Waals surface area contributed by atoms with Crippen molar-refractivity contribution >= 4 is 34.3 Å². The molecule has 1 saturated heterocycles. The van der Waals surface area contributed by atoms with Crippen molar-refractivity contribution in [2.45, 2.75) is 51.6 Å². The molecule has 8 heteroatoms. The van der Waals surface area contributed by atoms with Crippen molar-refractivity contribution in [2.75, 3.05) is 13.2 Å². The van der Waals surface area contributed by atoms with Crippen LogP contribution in [0.3, 0.4) is 0 Å². The molecule has 1 aromatic heterocycles. The molecular formula is C27H28ClNO6. The second-order valence-corrected chi connectivity index (χ2v) is 10.8. The Labute approximate surface area is 208 Å². The highest BCUT2D eigenvalue weighted by Crippen LogP contribution is 2.47. The summed E-state index contributed by atoms with van der Waals surface area (Å²) in [5.74, 6) is -2.51. The molecule has 3 heterocycles. The Morgan fingerprint density at radius 3 is 2.83 bits per heavy atom. The standard InChI is InChI=1S/C27H28ClNO6/c1-14-22(26(32)35-12-16-5-4-8-33-16)23(24-19(29-14)10-27(2,3)11-20(24)30)18-13-34-21-7-6-15(28)9-17(21)25(18)31/h6-7,9,13,16,22-23,29H,1,4-5,8,10-12H2,2-3H3. The number of carbonyl (C=O) groups excluding carboxylic acids is 2. The number of allylic oxidation sites excluding steroid dienone is 2. The SMILES string of the molecule is C=C1NC2=C(C(=O)CC(C)(C)C2)C(c2coc3ccc(Cl)cc3c2=O)C1C(=O)OCC1CCCO1. The van der Waals surface area contributed by atoms with Gasteiger partial charge in [0, 0.05) is 46.5 Å². The summed E-state index contributed by atoms with van der Waals surface area (Å²) >= 11 is 6.15. The zero-order chi connectivity index (χ0) is 24.9. The van der Waals surface area contributed by atoms with E-state index >= 15 is 0 Å². The Morgan fingerprint density at radius 1 is 1.29 bits per heavy atom. The fourth-order valence-corrected chi connectivity index (χ4v) is 5.61. The van der Waals surface area contributed by atoms with Crippen LogP contribution in [0.5, 0.6) is 0 Å². The molecule has 7 nitrogen and oxygen atoms in total. The summed E-state index contributed by atoms with van der Waals surface area (Å²) in [5, 5.41) is 3.88. The smallest absolute Gasteiger partial charge is 0.315 e. The number of Topliss-reactive ketones (excluding diaryl/α,β-unsaturated/α-hetero) is 1. The number of esters is 1. The Hall–Kier alpha value is -2.90. The molecule has 2 aliphatic heterocycles. The minimum Gasteiger partial charge on any atom is -0.464 e. The van der Waals surface area contributed by atoms with Gasteiger partial charge in [0.1, 0.15) is 18.1 Å². The summed E-state index contributed by atoms with van der Waals surface area (Å²) in [4.78, 5) is 40.5. The van der Waals surface area contributed by atoms with Crippen LogP contribution in [-0.4, -0.2) is 31.1 Å². The number of hydrogen-bond acceptors (Lipinski definition) is 7. The maximum absolute atomic E-state index is 13.7. The van der Waals surface area contributed by atoms with Gasteiger partial charge in [0.25, 0.3) is 0 Å². The van der Waals surface area contributed by atoms with Gasteiger partial charge in [-0.25, -0.2) is 0 Å². The maximum Gasteiger partial charge on any atom is 0.315 e. The summed E-state index contributed by atoms with van der Waals surface area (Å²) in [7, 11) is 0.